The highest BCUT2D eigenvalue weighted by Crippen LogP contribution is 2.29. The molecule has 0 saturated carbocycles. The van der Waals surface area contributed by atoms with E-state index in [1.165, 1.54) is 11.3 Å². The predicted molar refractivity (Wildman–Crippen MR) is 116 cm³/mol. The Balaban J connectivity index is 1.77. The molecule has 148 valence electrons. The largest absolute Gasteiger partial charge is 0.302 e. The summed E-state index contributed by atoms with van der Waals surface area (Å²) in [5.74, 6) is 1.52. The molecule has 0 aliphatic carbocycles. The summed E-state index contributed by atoms with van der Waals surface area (Å²) in [6, 6.07) is 7.64. The highest BCUT2D eigenvalue weighted by molar-refractivity contribution is 7.98. The van der Waals surface area contributed by atoms with Gasteiger partial charge in [0.1, 0.15) is 0 Å². The van der Waals surface area contributed by atoms with Crippen LogP contribution in [0.2, 0.25) is 5.02 Å². The Hall–Kier alpha value is -1.90. The van der Waals surface area contributed by atoms with E-state index in [4.69, 9.17) is 11.6 Å². The van der Waals surface area contributed by atoms with Crippen molar-refractivity contribution in [2.45, 2.75) is 44.6 Å². The monoisotopic (exact) mass is 435 g/mol. The molecule has 0 radical (unpaired) electrons. The number of hydrogen-bond acceptors (Lipinski definition) is 6. The van der Waals surface area contributed by atoms with Gasteiger partial charge in [-0.2, -0.15) is 0 Å². The molecule has 1 aromatic carbocycles. The number of rotatable bonds is 8. The fraction of sp³-hybridized carbons (Fsp3) is 0.368. The zero-order valence-corrected chi connectivity index (χ0v) is 18.4. The first kappa shape index (κ1) is 20.8. The number of aromatic nitrogens is 4. The molecular formula is C19H22ClN5OS2. The van der Waals surface area contributed by atoms with Gasteiger partial charge in [0.05, 0.1) is 5.69 Å². The lowest BCUT2D eigenvalue weighted by Gasteiger charge is -2.14. The zero-order chi connectivity index (χ0) is 20.1. The fourth-order valence-electron chi connectivity index (χ4n) is 2.75. The van der Waals surface area contributed by atoms with Crippen LogP contribution in [0.1, 0.15) is 32.9 Å². The summed E-state index contributed by atoms with van der Waals surface area (Å²) >= 11 is 9.09. The molecule has 0 unspecified atom stereocenters. The normalized spacial score (nSPS) is 11.0. The van der Waals surface area contributed by atoms with Gasteiger partial charge in [-0.3, -0.25) is 9.69 Å². The summed E-state index contributed by atoms with van der Waals surface area (Å²) in [6.07, 6.45) is 0.983. The van der Waals surface area contributed by atoms with Crippen molar-refractivity contribution < 1.29 is 4.79 Å². The Labute approximate surface area is 177 Å². The van der Waals surface area contributed by atoms with Crippen molar-refractivity contribution in [3.8, 4) is 11.4 Å². The molecular weight excluding hydrogens is 414 g/mol. The van der Waals surface area contributed by atoms with E-state index < -0.39 is 0 Å². The van der Waals surface area contributed by atoms with Gasteiger partial charge in [-0.15, -0.1) is 21.5 Å². The van der Waals surface area contributed by atoms with Crippen molar-refractivity contribution >= 4 is 45.7 Å². The Morgan fingerprint density at radius 3 is 2.64 bits per heavy atom. The summed E-state index contributed by atoms with van der Waals surface area (Å²) in [4.78, 5) is 18.0. The first-order valence-corrected chi connectivity index (χ1v) is 11.3. The highest BCUT2D eigenvalue weighted by Gasteiger charge is 2.16. The van der Waals surface area contributed by atoms with Crippen LogP contribution in [-0.2, 0) is 17.1 Å². The van der Waals surface area contributed by atoms with Gasteiger partial charge < -0.3 is 4.57 Å². The molecule has 0 aliphatic heterocycles. The second-order valence-corrected chi connectivity index (χ2v) is 8.35. The SMILES string of the molecule is CCCn1c(SCc2csc(N(CC)C(C)=O)n2)nnc1-c1ccc(Cl)cc1. The molecule has 0 atom stereocenters. The molecule has 9 heteroatoms. The molecule has 3 rings (SSSR count). The van der Waals surface area contributed by atoms with Crippen LogP contribution < -0.4 is 4.90 Å². The third-order valence-electron chi connectivity index (χ3n) is 4.08. The van der Waals surface area contributed by atoms with Gasteiger partial charge in [0.25, 0.3) is 0 Å². The van der Waals surface area contributed by atoms with Gasteiger partial charge in [0.2, 0.25) is 5.91 Å². The smallest absolute Gasteiger partial charge is 0.225 e. The molecule has 28 heavy (non-hydrogen) atoms. The number of benzene rings is 1. The van der Waals surface area contributed by atoms with Crippen molar-refractivity contribution in [3.05, 3.63) is 40.4 Å². The van der Waals surface area contributed by atoms with Crippen LogP contribution in [0.25, 0.3) is 11.4 Å². The molecule has 0 aliphatic rings. The van der Waals surface area contributed by atoms with E-state index in [1.54, 1.807) is 23.6 Å². The molecule has 1 amide bonds. The topological polar surface area (TPSA) is 63.9 Å². The van der Waals surface area contributed by atoms with Gasteiger partial charge in [-0.25, -0.2) is 4.98 Å². The lowest BCUT2D eigenvalue weighted by molar-refractivity contribution is -0.116. The van der Waals surface area contributed by atoms with Crippen LogP contribution in [0.3, 0.4) is 0 Å². The van der Waals surface area contributed by atoms with E-state index in [2.05, 4.69) is 26.7 Å². The second-order valence-electron chi connectivity index (χ2n) is 6.14. The van der Waals surface area contributed by atoms with Gasteiger partial charge in [0, 0.05) is 41.7 Å². The van der Waals surface area contributed by atoms with Crippen LogP contribution in [0, 0.1) is 0 Å². The van der Waals surface area contributed by atoms with Crippen molar-refractivity contribution in [2.75, 3.05) is 11.4 Å². The Morgan fingerprint density at radius 1 is 1.25 bits per heavy atom. The predicted octanol–water partition coefficient (Wildman–Crippen LogP) is 5.13. The maximum atomic E-state index is 11.7. The number of thiazole rings is 1. The molecule has 3 aromatic rings. The fourth-order valence-corrected chi connectivity index (χ4v) is 4.77. The van der Waals surface area contributed by atoms with E-state index in [0.29, 0.717) is 17.3 Å². The van der Waals surface area contributed by atoms with Crippen LogP contribution in [0.15, 0.2) is 34.8 Å². The van der Waals surface area contributed by atoms with Crippen LogP contribution in [0.5, 0.6) is 0 Å². The number of anilines is 1. The van der Waals surface area contributed by atoms with Crippen molar-refractivity contribution in [1.82, 2.24) is 19.7 Å². The van der Waals surface area contributed by atoms with E-state index >= 15 is 0 Å². The molecule has 0 fully saturated rings. The first-order chi connectivity index (χ1) is 13.5. The van der Waals surface area contributed by atoms with Crippen LogP contribution in [0.4, 0.5) is 5.13 Å². The maximum absolute atomic E-state index is 11.7. The molecule has 0 saturated heterocycles. The molecule has 2 aromatic heterocycles. The van der Waals surface area contributed by atoms with Crippen molar-refractivity contribution in [3.63, 3.8) is 0 Å². The van der Waals surface area contributed by atoms with Crippen LogP contribution >= 0.6 is 34.7 Å². The number of hydrogen-bond donors (Lipinski definition) is 0. The molecule has 2 heterocycles. The Bertz CT molecular complexity index is 938. The molecule has 0 bridgehead atoms. The summed E-state index contributed by atoms with van der Waals surface area (Å²) in [7, 11) is 0. The third kappa shape index (κ3) is 4.74. The molecule has 6 nitrogen and oxygen atoms in total. The highest BCUT2D eigenvalue weighted by atomic mass is 35.5. The summed E-state index contributed by atoms with van der Waals surface area (Å²) in [5.41, 5.74) is 1.93. The first-order valence-electron chi connectivity index (χ1n) is 9.07. The molecule has 0 spiro atoms. The Kier molecular flexibility index (Phi) is 7.09. The average Bonchev–Trinajstić information content (AvgIpc) is 3.29. The standard InChI is InChI=1S/C19H22ClN5OS2/c1-4-10-25-17(14-6-8-15(20)9-7-14)22-23-19(25)28-12-16-11-27-18(21-16)24(5-2)13(3)26/h6-9,11H,4-5,10,12H2,1-3H3. The minimum absolute atomic E-state index is 0.00588. The van der Waals surface area contributed by atoms with Gasteiger partial charge in [-0.05, 0) is 37.6 Å². The number of carbonyl (C=O) groups excluding carboxylic acids is 1. The summed E-state index contributed by atoms with van der Waals surface area (Å²) in [6.45, 7) is 7.09. The van der Waals surface area contributed by atoms with Crippen molar-refractivity contribution in [2.24, 2.45) is 0 Å². The lowest BCUT2D eigenvalue weighted by Crippen LogP contribution is -2.27. The summed E-state index contributed by atoms with van der Waals surface area (Å²) < 4.78 is 2.13. The van der Waals surface area contributed by atoms with Gasteiger partial charge in [-0.1, -0.05) is 30.3 Å². The maximum Gasteiger partial charge on any atom is 0.225 e. The number of nitrogens with zero attached hydrogens (tertiary/aromatic N) is 5. The second kappa shape index (κ2) is 9.54. The van der Waals surface area contributed by atoms with Crippen molar-refractivity contribution in [1.29, 1.82) is 0 Å². The van der Waals surface area contributed by atoms with E-state index in [9.17, 15) is 4.79 Å². The number of halogens is 1. The zero-order valence-electron chi connectivity index (χ0n) is 16.1. The lowest BCUT2D eigenvalue weighted by atomic mass is 10.2. The third-order valence-corrected chi connectivity index (χ3v) is 6.25. The number of carbonyl (C=O) groups is 1. The van der Waals surface area contributed by atoms with E-state index in [0.717, 1.165) is 40.3 Å². The van der Waals surface area contributed by atoms with Gasteiger partial charge in [0.15, 0.2) is 16.1 Å². The minimum Gasteiger partial charge on any atom is -0.302 e. The average molecular weight is 436 g/mol. The van der Waals surface area contributed by atoms with E-state index in [1.807, 2.05) is 36.6 Å². The van der Waals surface area contributed by atoms with Crippen LogP contribution in [-0.4, -0.2) is 32.2 Å². The number of amides is 1. The molecule has 0 N–H and O–H groups in total. The summed E-state index contributed by atoms with van der Waals surface area (Å²) in [5, 5.41) is 13.1. The van der Waals surface area contributed by atoms with Gasteiger partial charge >= 0.3 is 0 Å². The Morgan fingerprint density at radius 2 is 2.00 bits per heavy atom. The minimum atomic E-state index is 0.00588. The van der Waals surface area contributed by atoms with E-state index in [-0.39, 0.29) is 5.91 Å². The quantitative estimate of drug-likeness (QED) is 0.459. The number of thioether (sulfide) groups is 1.